The molecular weight excluding hydrogens is 240 g/mol. The van der Waals surface area contributed by atoms with E-state index in [1.165, 1.54) is 24.0 Å². The van der Waals surface area contributed by atoms with Gasteiger partial charge in [0.25, 0.3) is 5.71 Å². The number of aryl methyl sites for hydroxylation is 2. The fourth-order valence-electron chi connectivity index (χ4n) is 2.79. The second-order valence-corrected chi connectivity index (χ2v) is 5.23. The van der Waals surface area contributed by atoms with Gasteiger partial charge < -0.3 is 9.26 Å². The highest BCUT2D eigenvalue weighted by molar-refractivity contribution is 5.82. The summed E-state index contributed by atoms with van der Waals surface area (Å²) in [6.07, 6.45) is 6.78. The number of hydrogen-bond donors (Lipinski definition) is 0. The highest BCUT2D eigenvalue weighted by Gasteiger charge is 2.22. The summed E-state index contributed by atoms with van der Waals surface area (Å²) in [6.45, 7) is 4.88. The van der Waals surface area contributed by atoms with Gasteiger partial charge >= 0.3 is 0 Å². The van der Waals surface area contributed by atoms with Crippen LogP contribution in [0.4, 0.5) is 0 Å². The smallest absolute Gasteiger partial charge is 0.261 e. The molecule has 0 unspecified atom stereocenters. The van der Waals surface area contributed by atoms with Crippen molar-refractivity contribution in [1.82, 2.24) is 10.1 Å². The zero-order chi connectivity index (χ0) is 13.2. The molecule has 1 aliphatic carbocycles. The number of hydrogen-bond acceptors (Lipinski definition) is 4. The topological polar surface area (TPSA) is 48.2 Å². The Morgan fingerprint density at radius 1 is 1.21 bits per heavy atom. The van der Waals surface area contributed by atoms with Crippen molar-refractivity contribution < 1.29 is 9.26 Å². The molecule has 3 rings (SSSR count). The molecule has 2 heterocycles. The standard InChI is InChI=1S/C15H20N2O2/c1-3-4-9-18-14-12-8-6-5-7-11(12)13-10(2)17-19-15(13)16-14/h3-9H2,1-2H3. The van der Waals surface area contributed by atoms with Crippen LogP contribution in [0.2, 0.25) is 0 Å². The maximum absolute atomic E-state index is 5.86. The van der Waals surface area contributed by atoms with E-state index in [1.54, 1.807) is 0 Å². The molecule has 19 heavy (non-hydrogen) atoms. The van der Waals surface area contributed by atoms with Gasteiger partial charge in [-0.25, -0.2) is 0 Å². The largest absolute Gasteiger partial charge is 0.477 e. The van der Waals surface area contributed by atoms with Gasteiger partial charge in [-0.3, -0.25) is 0 Å². The Kier molecular flexibility index (Phi) is 3.40. The molecule has 1 aliphatic rings. The molecule has 0 aliphatic heterocycles. The number of aromatic nitrogens is 2. The average Bonchev–Trinajstić information content (AvgIpc) is 2.81. The van der Waals surface area contributed by atoms with Crippen molar-refractivity contribution in [3.63, 3.8) is 0 Å². The molecule has 0 spiro atoms. The minimum Gasteiger partial charge on any atom is -0.477 e. The summed E-state index contributed by atoms with van der Waals surface area (Å²) in [6, 6.07) is 0. The predicted molar refractivity (Wildman–Crippen MR) is 73.6 cm³/mol. The summed E-state index contributed by atoms with van der Waals surface area (Å²) in [5.74, 6) is 0.770. The second-order valence-electron chi connectivity index (χ2n) is 5.23. The van der Waals surface area contributed by atoms with Crippen molar-refractivity contribution >= 4 is 11.1 Å². The summed E-state index contributed by atoms with van der Waals surface area (Å²) >= 11 is 0. The lowest BCUT2D eigenvalue weighted by molar-refractivity contribution is 0.292. The van der Waals surface area contributed by atoms with E-state index in [-0.39, 0.29) is 0 Å². The molecule has 2 aromatic rings. The molecule has 0 N–H and O–H groups in total. The molecule has 0 saturated heterocycles. The van der Waals surface area contributed by atoms with Crippen LogP contribution in [0.15, 0.2) is 4.52 Å². The molecule has 0 aromatic carbocycles. The van der Waals surface area contributed by atoms with E-state index < -0.39 is 0 Å². The molecule has 102 valence electrons. The third-order valence-corrected chi connectivity index (χ3v) is 3.81. The Morgan fingerprint density at radius 3 is 2.79 bits per heavy atom. The molecule has 0 fully saturated rings. The first-order valence-corrected chi connectivity index (χ1v) is 7.21. The SMILES string of the molecule is CCCCOc1nc2onc(C)c2c2c1CCCC2. The lowest BCUT2D eigenvalue weighted by Gasteiger charge is -2.19. The van der Waals surface area contributed by atoms with Crippen LogP contribution in [0, 0.1) is 6.92 Å². The molecule has 0 bridgehead atoms. The van der Waals surface area contributed by atoms with Crippen LogP contribution in [-0.4, -0.2) is 16.7 Å². The zero-order valence-electron chi connectivity index (χ0n) is 11.7. The van der Waals surface area contributed by atoms with Gasteiger partial charge in [0.2, 0.25) is 5.88 Å². The van der Waals surface area contributed by atoms with Crippen LogP contribution in [0.5, 0.6) is 5.88 Å². The Labute approximate surface area is 113 Å². The normalized spacial score (nSPS) is 14.6. The first-order chi connectivity index (χ1) is 9.31. The van der Waals surface area contributed by atoms with Crippen molar-refractivity contribution in [1.29, 1.82) is 0 Å². The van der Waals surface area contributed by atoms with Crippen LogP contribution >= 0.6 is 0 Å². The minimum absolute atomic E-state index is 0.629. The van der Waals surface area contributed by atoms with Gasteiger partial charge in [-0.05, 0) is 44.6 Å². The molecule has 0 radical (unpaired) electrons. The highest BCUT2D eigenvalue weighted by Crippen LogP contribution is 2.35. The van der Waals surface area contributed by atoms with E-state index in [0.717, 1.165) is 49.3 Å². The van der Waals surface area contributed by atoms with Crippen LogP contribution in [0.1, 0.15) is 49.4 Å². The second kappa shape index (κ2) is 5.19. The zero-order valence-corrected chi connectivity index (χ0v) is 11.7. The van der Waals surface area contributed by atoms with E-state index in [1.807, 2.05) is 6.92 Å². The Bertz CT molecular complexity index is 589. The summed E-state index contributed by atoms with van der Waals surface area (Å²) in [7, 11) is 0. The molecule has 4 nitrogen and oxygen atoms in total. The number of rotatable bonds is 4. The van der Waals surface area contributed by atoms with E-state index in [4.69, 9.17) is 9.26 Å². The monoisotopic (exact) mass is 260 g/mol. The molecule has 4 heteroatoms. The number of fused-ring (bicyclic) bond motifs is 3. The fraction of sp³-hybridized carbons (Fsp3) is 0.600. The molecular formula is C15H20N2O2. The maximum atomic E-state index is 5.86. The first-order valence-electron chi connectivity index (χ1n) is 7.21. The lowest BCUT2D eigenvalue weighted by atomic mass is 9.90. The van der Waals surface area contributed by atoms with Crippen molar-refractivity contribution in [2.24, 2.45) is 0 Å². The van der Waals surface area contributed by atoms with E-state index in [2.05, 4.69) is 17.1 Å². The van der Waals surface area contributed by atoms with E-state index in [0.29, 0.717) is 5.71 Å². The lowest BCUT2D eigenvalue weighted by Crippen LogP contribution is -2.09. The predicted octanol–water partition coefficient (Wildman–Crippen LogP) is 3.59. The first kappa shape index (κ1) is 12.5. The number of ether oxygens (including phenoxy) is 1. The average molecular weight is 260 g/mol. The summed E-state index contributed by atoms with van der Waals surface area (Å²) in [5.41, 5.74) is 4.20. The van der Waals surface area contributed by atoms with Gasteiger partial charge in [-0.15, -0.1) is 0 Å². The Morgan fingerprint density at radius 2 is 2.00 bits per heavy atom. The van der Waals surface area contributed by atoms with Crippen LogP contribution in [0.3, 0.4) is 0 Å². The third kappa shape index (κ3) is 2.20. The van der Waals surface area contributed by atoms with Gasteiger partial charge in [0.15, 0.2) is 0 Å². The van der Waals surface area contributed by atoms with Crippen molar-refractivity contribution in [2.75, 3.05) is 6.61 Å². The van der Waals surface area contributed by atoms with Crippen molar-refractivity contribution in [2.45, 2.75) is 52.4 Å². The molecule has 2 aromatic heterocycles. The number of pyridine rings is 1. The Balaban J connectivity index is 2.06. The highest BCUT2D eigenvalue weighted by atomic mass is 16.5. The van der Waals surface area contributed by atoms with Crippen molar-refractivity contribution in [3.05, 3.63) is 16.8 Å². The quantitative estimate of drug-likeness (QED) is 0.788. The number of nitrogens with zero attached hydrogens (tertiary/aromatic N) is 2. The van der Waals surface area contributed by atoms with Crippen LogP contribution in [-0.2, 0) is 12.8 Å². The Hall–Kier alpha value is -1.58. The van der Waals surface area contributed by atoms with Gasteiger partial charge in [0.05, 0.1) is 17.7 Å². The summed E-state index contributed by atoms with van der Waals surface area (Å²) in [4.78, 5) is 4.53. The van der Waals surface area contributed by atoms with Gasteiger partial charge in [-0.1, -0.05) is 18.5 Å². The van der Waals surface area contributed by atoms with E-state index in [9.17, 15) is 0 Å². The van der Waals surface area contributed by atoms with Gasteiger partial charge in [0.1, 0.15) is 0 Å². The molecule has 0 amide bonds. The summed E-state index contributed by atoms with van der Waals surface area (Å²) in [5, 5.41) is 5.16. The summed E-state index contributed by atoms with van der Waals surface area (Å²) < 4.78 is 11.2. The van der Waals surface area contributed by atoms with Crippen LogP contribution in [0.25, 0.3) is 11.1 Å². The van der Waals surface area contributed by atoms with Gasteiger partial charge in [-0.2, -0.15) is 4.98 Å². The minimum atomic E-state index is 0.629. The fourth-order valence-corrected chi connectivity index (χ4v) is 2.79. The molecule has 0 atom stereocenters. The number of unbranched alkanes of at least 4 members (excludes halogenated alkanes) is 1. The third-order valence-electron chi connectivity index (χ3n) is 3.81. The molecule has 0 saturated carbocycles. The van der Waals surface area contributed by atoms with E-state index >= 15 is 0 Å². The maximum Gasteiger partial charge on any atom is 0.261 e. The van der Waals surface area contributed by atoms with Gasteiger partial charge in [0, 0.05) is 5.56 Å². The van der Waals surface area contributed by atoms with Crippen LogP contribution < -0.4 is 4.74 Å². The van der Waals surface area contributed by atoms with Crippen molar-refractivity contribution in [3.8, 4) is 5.88 Å².